The molecule has 1 aromatic rings. The molecule has 0 aromatic heterocycles. The number of aliphatic hydroxyl groups excluding tert-OH is 1. The Hall–Kier alpha value is -0.600. The first-order valence-electron chi connectivity index (χ1n) is 4.28. The van der Waals surface area contributed by atoms with Crippen LogP contribution in [0.5, 0.6) is 0 Å². The zero-order valence-electron chi connectivity index (χ0n) is 7.00. The Kier molecular flexibility index (Phi) is 2.26. The zero-order chi connectivity index (χ0) is 9.42. The molecule has 1 saturated carbocycles. The van der Waals surface area contributed by atoms with Gasteiger partial charge in [-0.15, -0.1) is 0 Å². The standard InChI is InChI=1S/C10H10ClFO/c11-9-4-6(1-2-10(9)12)8-3-7(8)5-13/h1-2,4,7-8,13H,3,5H2. The molecule has 0 heterocycles. The minimum Gasteiger partial charge on any atom is -0.396 e. The highest BCUT2D eigenvalue weighted by atomic mass is 35.5. The minimum absolute atomic E-state index is 0.168. The number of benzene rings is 1. The molecule has 0 spiro atoms. The highest BCUT2D eigenvalue weighted by Crippen LogP contribution is 2.47. The third kappa shape index (κ3) is 1.69. The molecule has 0 aliphatic heterocycles. The van der Waals surface area contributed by atoms with Crippen molar-refractivity contribution in [3.8, 4) is 0 Å². The summed E-state index contributed by atoms with van der Waals surface area (Å²) in [7, 11) is 0. The molecule has 0 radical (unpaired) electrons. The predicted octanol–water partition coefficient (Wildman–Crippen LogP) is 2.57. The van der Waals surface area contributed by atoms with Gasteiger partial charge < -0.3 is 5.11 Å². The largest absolute Gasteiger partial charge is 0.396 e. The SMILES string of the molecule is OCC1CC1c1ccc(F)c(Cl)c1. The van der Waals surface area contributed by atoms with Crippen molar-refractivity contribution in [3.63, 3.8) is 0 Å². The van der Waals surface area contributed by atoms with Gasteiger partial charge in [-0.1, -0.05) is 17.7 Å². The summed E-state index contributed by atoms with van der Waals surface area (Å²) < 4.78 is 12.8. The zero-order valence-corrected chi connectivity index (χ0v) is 7.76. The number of halogens is 2. The topological polar surface area (TPSA) is 20.2 Å². The van der Waals surface area contributed by atoms with Crippen molar-refractivity contribution < 1.29 is 9.50 Å². The fourth-order valence-electron chi connectivity index (χ4n) is 1.60. The van der Waals surface area contributed by atoms with E-state index in [-0.39, 0.29) is 17.4 Å². The normalized spacial score (nSPS) is 26.1. The second-order valence-corrected chi connectivity index (χ2v) is 3.87. The highest BCUT2D eigenvalue weighted by molar-refractivity contribution is 6.30. The van der Waals surface area contributed by atoms with Crippen molar-refractivity contribution in [3.05, 3.63) is 34.6 Å². The monoisotopic (exact) mass is 200 g/mol. The molecule has 0 bridgehead atoms. The second-order valence-electron chi connectivity index (χ2n) is 3.46. The van der Waals surface area contributed by atoms with Crippen LogP contribution < -0.4 is 0 Å². The Morgan fingerprint density at radius 1 is 1.54 bits per heavy atom. The Morgan fingerprint density at radius 2 is 2.31 bits per heavy atom. The predicted molar refractivity (Wildman–Crippen MR) is 49.3 cm³/mol. The van der Waals surface area contributed by atoms with Crippen molar-refractivity contribution in [2.45, 2.75) is 12.3 Å². The van der Waals surface area contributed by atoms with Crippen molar-refractivity contribution in [1.82, 2.24) is 0 Å². The fraction of sp³-hybridized carbons (Fsp3) is 0.400. The van der Waals surface area contributed by atoms with E-state index in [1.165, 1.54) is 6.07 Å². The average Bonchev–Trinajstić information content (AvgIpc) is 2.88. The van der Waals surface area contributed by atoms with Gasteiger partial charge in [0.15, 0.2) is 0 Å². The summed E-state index contributed by atoms with van der Waals surface area (Å²) in [5.74, 6) is 0.344. The van der Waals surface area contributed by atoms with Gasteiger partial charge in [0.1, 0.15) is 5.82 Å². The van der Waals surface area contributed by atoms with E-state index in [0.717, 1.165) is 12.0 Å². The van der Waals surface area contributed by atoms with Gasteiger partial charge in [0, 0.05) is 6.61 Å². The third-order valence-electron chi connectivity index (χ3n) is 2.53. The molecule has 0 amide bonds. The van der Waals surface area contributed by atoms with Crippen LogP contribution in [0.25, 0.3) is 0 Å². The molecular formula is C10H10ClFO. The molecule has 13 heavy (non-hydrogen) atoms. The third-order valence-corrected chi connectivity index (χ3v) is 2.82. The average molecular weight is 201 g/mol. The first-order chi connectivity index (χ1) is 6.22. The van der Waals surface area contributed by atoms with Gasteiger partial charge in [0.2, 0.25) is 0 Å². The number of aliphatic hydroxyl groups is 1. The van der Waals surface area contributed by atoms with Gasteiger partial charge >= 0.3 is 0 Å². The summed E-state index contributed by atoms with van der Waals surface area (Å²) in [5, 5.41) is 9.02. The van der Waals surface area contributed by atoms with E-state index in [9.17, 15) is 4.39 Å². The molecule has 70 valence electrons. The summed E-state index contributed by atoms with van der Waals surface area (Å²) in [5.41, 5.74) is 1.03. The van der Waals surface area contributed by atoms with Crippen molar-refractivity contribution in [2.24, 2.45) is 5.92 Å². The smallest absolute Gasteiger partial charge is 0.141 e. The second kappa shape index (κ2) is 3.28. The van der Waals surface area contributed by atoms with E-state index in [2.05, 4.69) is 0 Å². The molecule has 1 fully saturated rings. The van der Waals surface area contributed by atoms with Crippen LogP contribution in [-0.2, 0) is 0 Å². The van der Waals surface area contributed by atoms with Crippen LogP contribution in [0.3, 0.4) is 0 Å². The lowest BCUT2D eigenvalue weighted by atomic mass is 10.1. The number of hydrogen-bond donors (Lipinski definition) is 1. The van der Waals surface area contributed by atoms with Crippen molar-refractivity contribution >= 4 is 11.6 Å². The van der Waals surface area contributed by atoms with Gasteiger partial charge in [-0.2, -0.15) is 0 Å². The maximum Gasteiger partial charge on any atom is 0.141 e. The van der Waals surface area contributed by atoms with Crippen LogP contribution in [0.15, 0.2) is 18.2 Å². The summed E-state index contributed by atoms with van der Waals surface area (Å²) in [6.07, 6.45) is 0.985. The minimum atomic E-state index is -0.383. The Bertz CT molecular complexity index is 327. The Labute approximate surface area is 81.1 Å². The van der Waals surface area contributed by atoms with Gasteiger partial charge in [-0.05, 0) is 36.0 Å². The van der Waals surface area contributed by atoms with Crippen molar-refractivity contribution in [2.75, 3.05) is 6.61 Å². The molecule has 1 aliphatic rings. The molecule has 1 N–H and O–H groups in total. The lowest BCUT2D eigenvalue weighted by molar-refractivity contribution is 0.274. The summed E-state index contributed by atoms with van der Waals surface area (Å²) in [6, 6.07) is 4.77. The molecule has 0 saturated heterocycles. The van der Waals surface area contributed by atoms with Gasteiger partial charge in [0.05, 0.1) is 5.02 Å². The van der Waals surface area contributed by atoms with E-state index in [1.807, 2.05) is 0 Å². The fourth-order valence-corrected chi connectivity index (χ4v) is 1.79. The number of rotatable bonds is 2. The Morgan fingerprint density at radius 3 is 2.85 bits per heavy atom. The van der Waals surface area contributed by atoms with Crippen LogP contribution in [0.1, 0.15) is 17.9 Å². The lowest BCUT2D eigenvalue weighted by Gasteiger charge is -2.00. The quantitative estimate of drug-likeness (QED) is 0.778. The molecule has 1 nitrogen and oxygen atoms in total. The molecule has 3 heteroatoms. The van der Waals surface area contributed by atoms with Crippen LogP contribution in [0.4, 0.5) is 4.39 Å². The molecule has 1 aromatic carbocycles. The van der Waals surface area contributed by atoms with Crippen LogP contribution >= 0.6 is 11.6 Å². The van der Waals surface area contributed by atoms with Gasteiger partial charge in [0.25, 0.3) is 0 Å². The maximum absolute atomic E-state index is 12.8. The first kappa shape index (κ1) is 8.97. The molecule has 2 atom stereocenters. The van der Waals surface area contributed by atoms with E-state index in [0.29, 0.717) is 11.8 Å². The summed E-state index contributed by atoms with van der Waals surface area (Å²) in [4.78, 5) is 0. The van der Waals surface area contributed by atoms with E-state index >= 15 is 0 Å². The van der Waals surface area contributed by atoms with E-state index in [4.69, 9.17) is 16.7 Å². The molecular weight excluding hydrogens is 191 g/mol. The lowest BCUT2D eigenvalue weighted by Crippen LogP contribution is -1.89. The van der Waals surface area contributed by atoms with Crippen LogP contribution in [-0.4, -0.2) is 11.7 Å². The molecule has 1 aliphatic carbocycles. The van der Waals surface area contributed by atoms with Gasteiger partial charge in [-0.25, -0.2) is 4.39 Å². The van der Waals surface area contributed by atoms with E-state index < -0.39 is 0 Å². The Balaban J connectivity index is 2.19. The first-order valence-corrected chi connectivity index (χ1v) is 4.66. The maximum atomic E-state index is 12.8. The van der Waals surface area contributed by atoms with Crippen LogP contribution in [0, 0.1) is 11.7 Å². The van der Waals surface area contributed by atoms with E-state index in [1.54, 1.807) is 12.1 Å². The summed E-state index contributed by atoms with van der Waals surface area (Å²) >= 11 is 5.64. The molecule has 2 rings (SSSR count). The molecule has 2 unspecified atom stereocenters. The van der Waals surface area contributed by atoms with Gasteiger partial charge in [-0.3, -0.25) is 0 Å². The summed E-state index contributed by atoms with van der Waals surface area (Å²) in [6.45, 7) is 0.208. The van der Waals surface area contributed by atoms with Crippen LogP contribution in [0.2, 0.25) is 5.02 Å². The number of hydrogen-bond acceptors (Lipinski definition) is 1. The van der Waals surface area contributed by atoms with Crippen molar-refractivity contribution in [1.29, 1.82) is 0 Å². The highest BCUT2D eigenvalue weighted by Gasteiger charge is 2.37.